The summed E-state index contributed by atoms with van der Waals surface area (Å²) in [4.78, 5) is 15.2. The largest absolute Gasteiger partial charge is 0.355 e. The number of hydrogen-bond donors (Lipinski definition) is 2. The Morgan fingerprint density at radius 3 is 2.50 bits per heavy atom. The Balaban J connectivity index is 1.73. The van der Waals surface area contributed by atoms with Gasteiger partial charge in [0.2, 0.25) is 0 Å². The molecule has 1 saturated heterocycles. The van der Waals surface area contributed by atoms with Crippen molar-refractivity contribution >= 4 is 17.3 Å². The molecule has 0 aromatic carbocycles. The van der Waals surface area contributed by atoms with Crippen molar-refractivity contribution in [2.24, 2.45) is 4.99 Å². The van der Waals surface area contributed by atoms with Gasteiger partial charge in [-0.05, 0) is 27.3 Å². The van der Waals surface area contributed by atoms with Gasteiger partial charge in [-0.3, -0.25) is 9.89 Å². The molecule has 1 aliphatic heterocycles. The molecule has 2 N–H and O–H groups in total. The molecule has 0 spiro atoms. The standard InChI is InChI=1S/C17H32N6S/c1-6-22-7-9-23(10-8-22)13(2)11-19-17(18-5)20-12-16-21-14(3)15(4)24-16/h13H,6-12H2,1-5H3,(H2,18,19,20). The summed E-state index contributed by atoms with van der Waals surface area (Å²) in [5.74, 6) is 0.847. The van der Waals surface area contributed by atoms with E-state index < -0.39 is 0 Å². The van der Waals surface area contributed by atoms with Crippen molar-refractivity contribution < 1.29 is 0 Å². The number of piperazine rings is 1. The van der Waals surface area contributed by atoms with Crippen LogP contribution in [0, 0.1) is 13.8 Å². The van der Waals surface area contributed by atoms with Crippen molar-refractivity contribution in [1.29, 1.82) is 0 Å². The predicted octanol–water partition coefficient (Wildman–Crippen LogP) is 1.45. The van der Waals surface area contributed by atoms with E-state index in [2.05, 4.69) is 58.1 Å². The number of nitrogens with one attached hydrogen (secondary N) is 2. The third-order valence-electron chi connectivity index (χ3n) is 4.75. The smallest absolute Gasteiger partial charge is 0.191 e. The van der Waals surface area contributed by atoms with Gasteiger partial charge >= 0.3 is 0 Å². The minimum Gasteiger partial charge on any atom is -0.355 e. The van der Waals surface area contributed by atoms with E-state index >= 15 is 0 Å². The fraction of sp³-hybridized carbons (Fsp3) is 0.765. The van der Waals surface area contributed by atoms with Crippen LogP contribution < -0.4 is 10.6 Å². The number of rotatable bonds is 6. The summed E-state index contributed by atoms with van der Waals surface area (Å²) in [5, 5.41) is 7.91. The zero-order valence-electron chi connectivity index (χ0n) is 15.7. The third-order valence-corrected chi connectivity index (χ3v) is 5.82. The molecule has 2 heterocycles. The van der Waals surface area contributed by atoms with Crippen LogP contribution in [-0.2, 0) is 6.54 Å². The van der Waals surface area contributed by atoms with Crippen LogP contribution in [0.15, 0.2) is 4.99 Å². The van der Waals surface area contributed by atoms with Gasteiger partial charge in [-0.1, -0.05) is 6.92 Å². The number of aromatic nitrogens is 1. The molecule has 1 fully saturated rings. The van der Waals surface area contributed by atoms with E-state index in [-0.39, 0.29) is 0 Å². The molecule has 0 aliphatic carbocycles. The van der Waals surface area contributed by atoms with E-state index in [9.17, 15) is 0 Å². The highest BCUT2D eigenvalue weighted by Crippen LogP contribution is 2.15. The van der Waals surface area contributed by atoms with Crippen LogP contribution in [0.3, 0.4) is 0 Å². The first-order valence-corrected chi connectivity index (χ1v) is 9.69. The van der Waals surface area contributed by atoms with Crippen molar-refractivity contribution in [3.05, 3.63) is 15.6 Å². The first kappa shape index (κ1) is 19.1. The SMILES string of the molecule is CCN1CCN(C(C)CNC(=NC)NCc2nc(C)c(C)s2)CC1. The Morgan fingerprint density at radius 2 is 1.96 bits per heavy atom. The molecule has 1 aliphatic rings. The Bertz CT molecular complexity index is 514. The molecule has 2 rings (SSSR count). The van der Waals surface area contributed by atoms with E-state index in [1.54, 1.807) is 11.3 Å². The molecule has 0 bridgehead atoms. The van der Waals surface area contributed by atoms with Gasteiger partial charge in [0.05, 0.1) is 12.2 Å². The molecular formula is C17H32N6S. The van der Waals surface area contributed by atoms with Gasteiger partial charge in [-0.2, -0.15) is 0 Å². The molecule has 0 radical (unpaired) electrons. The summed E-state index contributed by atoms with van der Waals surface area (Å²) in [6.45, 7) is 16.1. The second kappa shape index (κ2) is 9.34. The lowest BCUT2D eigenvalue weighted by atomic mass is 10.2. The molecule has 136 valence electrons. The van der Waals surface area contributed by atoms with Gasteiger partial charge in [0.15, 0.2) is 5.96 Å². The molecule has 0 saturated carbocycles. The first-order chi connectivity index (χ1) is 11.5. The molecule has 1 aromatic heterocycles. The maximum absolute atomic E-state index is 4.56. The Labute approximate surface area is 150 Å². The minimum absolute atomic E-state index is 0.506. The van der Waals surface area contributed by atoms with Crippen LogP contribution in [0.2, 0.25) is 0 Å². The van der Waals surface area contributed by atoms with Crippen LogP contribution in [0.25, 0.3) is 0 Å². The van der Waals surface area contributed by atoms with Crippen molar-refractivity contribution in [2.75, 3.05) is 46.3 Å². The monoisotopic (exact) mass is 352 g/mol. The van der Waals surface area contributed by atoms with Gasteiger partial charge in [0.1, 0.15) is 5.01 Å². The second-order valence-corrected chi connectivity index (χ2v) is 7.66. The average molecular weight is 353 g/mol. The van der Waals surface area contributed by atoms with Crippen LogP contribution in [0.5, 0.6) is 0 Å². The number of likely N-dealkylation sites (N-methyl/N-ethyl adjacent to an activating group) is 1. The summed E-state index contributed by atoms with van der Waals surface area (Å²) >= 11 is 1.75. The van der Waals surface area contributed by atoms with E-state index in [1.807, 2.05) is 7.05 Å². The lowest BCUT2D eigenvalue weighted by Gasteiger charge is -2.37. The number of aliphatic imine (C=N–C) groups is 1. The van der Waals surface area contributed by atoms with Crippen LogP contribution >= 0.6 is 11.3 Å². The number of nitrogens with zero attached hydrogens (tertiary/aromatic N) is 4. The normalized spacial score (nSPS) is 18.6. The van der Waals surface area contributed by atoms with E-state index in [4.69, 9.17) is 0 Å². The second-order valence-electron chi connectivity index (χ2n) is 6.38. The highest BCUT2D eigenvalue weighted by atomic mass is 32.1. The molecule has 6 nitrogen and oxygen atoms in total. The van der Waals surface area contributed by atoms with E-state index in [0.29, 0.717) is 6.04 Å². The van der Waals surface area contributed by atoms with Gasteiger partial charge in [0, 0.05) is 50.7 Å². The first-order valence-electron chi connectivity index (χ1n) is 8.87. The third kappa shape index (κ3) is 5.43. The van der Waals surface area contributed by atoms with Crippen LogP contribution in [0.1, 0.15) is 29.4 Å². The quantitative estimate of drug-likeness (QED) is 0.599. The Hall–Kier alpha value is -1.18. The van der Waals surface area contributed by atoms with Crippen molar-refractivity contribution in [3.63, 3.8) is 0 Å². The lowest BCUT2D eigenvalue weighted by Crippen LogP contribution is -2.53. The number of guanidine groups is 1. The topological polar surface area (TPSA) is 55.8 Å². The van der Waals surface area contributed by atoms with Crippen LogP contribution in [0.4, 0.5) is 0 Å². The fourth-order valence-electron chi connectivity index (χ4n) is 2.89. The van der Waals surface area contributed by atoms with Gasteiger partial charge in [-0.25, -0.2) is 4.98 Å². The fourth-order valence-corrected chi connectivity index (χ4v) is 3.76. The summed E-state index contributed by atoms with van der Waals surface area (Å²) in [7, 11) is 1.82. The molecule has 1 atom stereocenters. The van der Waals surface area contributed by atoms with Crippen LogP contribution in [-0.4, -0.2) is 73.1 Å². The zero-order chi connectivity index (χ0) is 17.5. The highest BCUT2D eigenvalue weighted by molar-refractivity contribution is 7.11. The summed E-state index contributed by atoms with van der Waals surface area (Å²) in [6.07, 6.45) is 0. The summed E-state index contributed by atoms with van der Waals surface area (Å²) < 4.78 is 0. The molecule has 24 heavy (non-hydrogen) atoms. The molecule has 7 heteroatoms. The van der Waals surface area contributed by atoms with Gasteiger partial charge in [-0.15, -0.1) is 11.3 Å². The van der Waals surface area contributed by atoms with Gasteiger partial charge < -0.3 is 15.5 Å². The number of aryl methyl sites for hydroxylation is 2. The van der Waals surface area contributed by atoms with Crippen molar-refractivity contribution in [3.8, 4) is 0 Å². The molecule has 1 unspecified atom stereocenters. The molecule has 1 aromatic rings. The van der Waals surface area contributed by atoms with Crippen molar-refractivity contribution in [2.45, 2.75) is 40.3 Å². The minimum atomic E-state index is 0.506. The van der Waals surface area contributed by atoms with E-state index in [0.717, 1.165) is 49.4 Å². The maximum atomic E-state index is 4.56. The number of thiazole rings is 1. The lowest BCUT2D eigenvalue weighted by molar-refractivity contribution is 0.107. The summed E-state index contributed by atoms with van der Waals surface area (Å²) in [5.41, 5.74) is 1.12. The predicted molar refractivity (Wildman–Crippen MR) is 103 cm³/mol. The van der Waals surface area contributed by atoms with Gasteiger partial charge in [0.25, 0.3) is 0 Å². The maximum Gasteiger partial charge on any atom is 0.191 e. The summed E-state index contributed by atoms with van der Waals surface area (Å²) in [6, 6.07) is 0.506. The Morgan fingerprint density at radius 1 is 1.25 bits per heavy atom. The van der Waals surface area contributed by atoms with Crippen molar-refractivity contribution in [1.82, 2.24) is 25.4 Å². The average Bonchev–Trinajstić information content (AvgIpc) is 2.93. The highest BCUT2D eigenvalue weighted by Gasteiger charge is 2.20. The molecule has 0 amide bonds. The number of hydrogen-bond acceptors (Lipinski definition) is 5. The molecular weight excluding hydrogens is 320 g/mol. The Kier molecular flexibility index (Phi) is 7.45. The van der Waals surface area contributed by atoms with E-state index in [1.165, 1.54) is 18.0 Å². The zero-order valence-corrected chi connectivity index (χ0v) is 16.5.